The van der Waals surface area contributed by atoms with E-state index >= 15 is 0 Å². The van der Waals surface area contributed by atoms with Gasteiger partial charge < -0.3 is 25.0 Å². The first-order valence-electron chi connectivity index (χ1n) is 10.4. The van der Waals surface area contributed by atoms with Crippen molar-refractivity contribution in [2.24, 2.45) is 4.99 Å². The molecule has 0 spiro atoms. The number of benzene rings is 2. The van der Waals surface area contributed by atoms with Gasteiger partial charge in [0.2, 0.25) is 0 Å². The summed E-state index contributed by atoms with van der Waals surface area (Å²) in [6.45, 7) is 1.55. The Morgan fingerprint density at radius 1 is 0.903 bits per heavy atom. The van der Waals surface area contributed by atoms with Crippen LogP contribution in [0.4, 0.5) is 0 Å². The van der Waals surface area contributed by atoms with E-state index in [1.807, 2.05) is 45.4 Å². The number of phenolic OH excluding ortho intramolecular Hbond substituents is 2. The first-order chi connectivity index (χ1) is 14.8. The first kappa shape index (κ1) is 21.1. The van der Waals surface area contributed by atoms with Gasteiger partial charge in [-0.3, -0.25) is 4.79 Å². The molecular formula is C24H28N4O3. The maximum absolute atomic E-state index is 12.7. The van der Waals surface area contributed by atoms with Crippen molar-refractivity contribution >= 4 is 22.4 Å². The summed E-state index contributed by atoms with van der Waals surface area (Å²) in [5.74, 6) is -0.0153. The number of rotatable bonds is 7. The van der Waals surface area contributed by atoms with Crippen molar-refractivity contribution in [3.05, 3.63) is 46.6 Å². The zero-order valence-electron chi connectivity index (χ0n) is 18.4. The van der Waals surface area contributed by atoms with E-state index in [9.17, 15) is 15.0 Å². The Bertz CT molecular complexity index is 1290. The minimum atomic E-state index is -0.298. The van der Waals surface area contributed by atoms with Crippen LogP contribution in [0.1, 0.15) is 12.0 Å². The fourth-order valence-electron chi connectivity index (χ4n) is 4.12. The molecular weight excluding hydrogens is 392 g/mol. The van der Waals surface area contributed by atoms with Crippen molar-refractivity contribution in [2.75, 3.05) is 41.3 Å². The minimum Gasteiger partial charge on any atom is -0.507 e. The molecule has 0 saturated heterocycles. The molecule has 0 atom stereocenters. The second-order valence-electron chi connectivity index (χ2n) is 8.55. The van der Waals surface area contributed by atoms with Crippen LogP contribution in [-0.4, -0.2) is 72.2 Å². The number of nitrogens with one attached hydrogen (secondary N) is 1. The van der Waals surface area contributed by atoms with Gasteiger partial charge in [-0.1, -0.05) is 0 Å². The van der Waals surface area contributed by atoms with Crippen LogP contribution in [0, 0.1) is 0 Å². The maximum Gasteiger partial charge on any atom is 0.274 e. The van der Waals surface area contributed by atoms with Gasteiger partial charge in [-0.05, 0) is 70.9 Å². The lowest BCUT2D eigenvalue weighted by atomic mass is 9.98. The number of aromatic nitrogens is 1. The number of nitrogens with zero attached hydrogens (tertiary/aromatic N) is 3. The van der Waals surface area contributed by atoms with Gasteiger partial charge in [-0.2, -0.15) is 0 Å². The van der Waals surface area contributed by atoms with Crippen LogP contribution in [0.2, 0.25) is 0 Å². The average Bonchev–Trinajstić information content (AvgIpc) is 3.28. The predicted molar refractivity (Wildman–Crippen MR) is 122 cm³/mol. The Morgan fingerprint density at radius 2 is 1.55 bits per heavy atom. The van der Waals surface area contributed by atoms with Gasteiger partial charge in [0.1, 0.15) is 11.5 Å². The summed E-state index contributed by atoms with van der Waals surface area (Å²) < 4.78 is 0. The summed E-state index contributed by atoms with van der Waals surface area (Å²) in [7, 11) is 7.92. The zero-order valence-corrected chi connectivity index (χ0v) is 18.4. The van der Waals surface area contributed by atoms with E-state index in [0.29, 0.717) is 29.1 Å². The van der Waals surface area contributed by atoms with Crippen LogP contribution < -0.4 is 10.6 Å². The summed E-state index contributed by atoms with van der Waals surface area (Å²) in [6.07, 6.45) is 3.24. The molecule has 1 aliphatic heterocycles. The number of phenols is 2. The standard InChI is InChI=1S/C24H28N4O3/c1-27(2)11-9-14-13-25-22-15(5-7-18(29)20(14)22)16-6-8-19(30)21-17(10-12-28(3)4)24(31)26-23(16)21/h5-8,13,25,29-30H,9-12H2,1-4H3. The van der Waals surface area contributed by atoms with Gasteiger partial charge in [0.15, 0.2) is 0 Å². The third-order valence-electron chi connectivity index (χ3n) is 5.75. The molecule has 0 fully saturated rings. The van der Waals surface area contributed by atoms with Gasteiger partial charge in [0, 0.05) is 41.4 Å². The average molecular weight is 421 g/mol. The largest absolute Gasteiger partial charge is 0.507 e. The monoisotopic (exact) mass is 420 g/mol. The molecule has 7 heteroatoms. The molecule has 0 unspecified atom stereocenters. The molecule has 7 nitrogen and oxygen atoms in total. The van der Waals surface area contributed by atoms with Crippen LogP contribution >= 0.6 is 0 Å². The Kier molecular flexibility index (Phi) is 5.56. The van der Waals surface area contributed by atoms with E-state index in [4.69, 9.17) is 0 Å². The summed E-state index contributed by atoms with van der Waals surface area (Å²) in [5.41, 5.74) is 3.96. The number of carbonyl (C=O) groups excluding carboxylic acids is 1. The van der Waals surface area contributed by atoms with E-state index in [-0.39, 0.29) is 17.4 Å². The number of amides is 1. The summed E-state index contributed by atoms with van der Waals surface area (Å²) in [5, 5.41) is 22.9. The highest BCUT2D eigenvalue weighted by atomic mass is 16.3. The fraction of sp³-hybridized carbons (Fsp3) is 0.333. The highest BCUT2D eigenvalue weighted by Gasteiger charge is 2.23. The summed E-state index contributed by atoms with van der Waals surface area (Å²) in [4.78, 5) is 24.4. The van der Waals surface area contributed by atoms with Crippen molar-refractivity contribution in [1.82, 2.24) is 14.8 Å². The molecule has 0 aliphatic carbocycles. The van der Waals surface area contributed by atoms with Crippen molar-refractivity contribution in [3.63, 3.8) is 0 Å². The molecule has 0 saturated carbocycles. The smallest absolute Gasteiger partial charge is 0.274 e. The SMILES string of the molecule is CN(C)CCC1=c2c(O)ccc(-c3ccc(O)c4c(CCN(C)C)c[nH]c34)c2=NC1=O. The number of hydrogen-bond donors (Lipinski definition) is 3. The number of hydrogen-bond acceptors (Lipinski definition) is 5. The first-order valence-corrected chi connectivity index (χ1v) is 10.4. The predicted octanol–water partition coefficient (Wildman–Crippen LogP) is 1.61. The highest BCUT2D eigenvalue weighted by molar-refractivity contribution is 6.16. The number of H-pyrrole nitrogens is 1. The van der Waals surface area contributed by atoms with E-state index < -0.39 is 0 Å². The van der Waals surface area contributed by atoms with Crippen molar-refractivity contribution in [2.45, 2.75) is 12.8 Å². The summed E-state index contributed by atoms with van der Waals surface area (Å²) in [6, 6.07) is 6.91. The third-order valence-corrected chi connectivity index (χ3v) is 5.75. The van der Waals surface area contributed by atoms with Crippen molar-refractivity contribution < 1.29 is 15.0 Å². The zero-order chi connectivity index (χ0) is 22.3. The van der Waals surface area contributed by atoms with Crippen LogP contribution in [-0.2, 0) is 11.2 Å². The van der Waals surface area contributed by atoms with E-state index in [0.717, 1.165) is 40.6 Å². The van der Waals surface area contributed by atoms with Crippen molar-refractivity contribution in [1.29, 1.82) is 0 Å². The number of fused-ring (bicyclic) bond motifs is 2. The Balaban J connectivity index is 1.91. The molecule has 1 aromatic heterocycles. The molecule has 4 rings (SSSR count). The van der Waals surface area contributed by atoms with Gasteiger partial charge in [0.25, 0.3) is 5.91 Å². The van der Waals surface area contributed by atoms with Gasteiger partial charge >= 0.3 is 0 Å². The normalized spacial score (nSPS) is 13.5. The number of carbonyl (C=O) groups is 1. The second kappa shape index (κ2) is 8.17. The lowest BCUT2D eigenvalue weighted by Gasteiger charge is -2.10. The molecule has 0 radical (unpaired) electrons. The van der Waals surface area contributed by atoms with Gasteiger partial charge in [0.05, 0.1) is 16.1 Å². The number of aromatic hydroxyl groups is 2. The van der Waals surface area contributed by atoms with Gasteiger partial charge in [-0.15, -0.1) is 0 Å². The Labute approximate surface area is 180 Å². The quantitative estimate of drug-likeness (QED) is 0.540. The topological polar surface area (TPSA) is 92.2 Å². The molecule has 3 N–H and O–H groups in total. The summed E-state index contributed by atoms with van der Waals surface area (Å²) >= 11 is 0. The molecule has 0 bridgehead atoms. The lowest BCUT2D eigenvalue weighted by Crippen LogP contribution is -2.27. The van der Waals surface area contributed by atoms with Gasteiger partial charge in [-0.25, -0.2) is 4.99 Å². The van der Waals surface area contributed by atoms with Crippen LogP contribution in [0.3, 0.4) is 0 Å². The Hall–Kier alpha value is -3.16. The van der Waals surface area contributed by atoms with Crippen molar-refractivity contribution in [3.8, 4) is 22.6 Å². The fourth-order valence-corrected chi connectivity index (χ4v) is 4.12. The van der Waals surface area contributed by atoms with Crippen LogP contribution in [0.15, 0.2) is 35.5 Å². The maximum atomic E-state index is 12.7. The number of aromatic amines is 1. The molecule has 2 heterocycles. The molecule has 2 aromatic carbocycles. The van der Waals surface area contributed by atoms with E-state index in [2.05, 4.69) is 14.9 Å². The molecule has 31 heavy (non-hydrogen) atoms. The lowest BCUT2D eigenvalue weighted by molar-refractivity contribution is -0.112. The van der Waals surface area contributed by atoms with E-state index in [1.165, 1.54) is 0 Å². The minimum absolute atomic E-state index is 0.0651. The molecule has 1 amide bonds. The Morgan fingerprint density at radius 3 is 2.26 bits per heavy atom. The molecule has 3 aromatic rings. The van der Waals surface area contributed by atoms with E-state index in [1.54, 1.807) is 18.2 Å². The highest BCUT2D eigenvalue weighted by Crippen LogP contribution is 2.35. The third kappa shape index (κ3) is 3.82. The molecule has 162 valence electrons. The number of likely N-dealkylation sites (N-methyl/N-ethyl adjacent to an activating group) is 1. The van der Waals surface area contributed by atoms with Crippen LogP contribution in [0.25, 0.3) is 27.6 Å². The molecule has 1 aliphatic rings. The second-order valence-corrected chi connectivity index (χ2v) is 8.55. The van der Waals surface area contributed by atoms with Crippen LogP contribution in [0.5, 0.6) is 11.5 Å².